The van der Waals surface area contributed by atoms with E-state index in [4.69, 9.17) is 0 Å². The summed E-state index contributed by atoms with van der Waals surface area (Å²) in [5, 5.41) is 2.26. The molecule has 0 atom stereocenters. The Labute approximate surface area is 116 Å². The second kappa shape index (κ2) is 4.78. The molecule has 0 aliphatic rings. The number of pyridine rings is 2. The number of benzene rings is 1. The van der Waals surface area contributed by atoms with Crippen LogP contribution in [0, 0.1) is 0 Å². The lowest BCUT2D eigenvalue weighted by atomic mass is 9.98. The molecular formula is C14H12N2S2. The SMILES string of the molecule is SCc1c(CS)c2cccnc2c2ncccc12. The van der Waals surface area contributed by atoms with Crippen LogP contribution >= 0.6 is 25.3 Å². The van der Waals surface area contributed by atoms with Crippen molar-refractivity contribution in [1.82, 2.24) is 9.97 Å². The van der Waals surface area contributed by atoms with Gasteiger partial charge in [-0.3, -0.25) is 9.97 Å². The highest BCUT2D eigenvalue weighted by Gasteiger charge is 2.13. The van der Waals surface area contributed by atoms with Crippen LogP contribution in [0.2, 0.25) is 0 Å². The van der Waals surface area contributed by atoms with Gasteiger partial charge in [0.05, 0.1) is 11.0 Å². The average molecular weight is 272 g/mol. The monoisotopic (exact) mass is 272 g/mol. The zero-order valence-corrected chi connectivity index (χ0v) is 11.5. The minimum atomic E-state index is 0.683. The first-order valence-electron chi connectivity index (χ1n) is 5.71. The average Bonchev–Trinajstić information content (AvgIpc) is 2.45. The van der Waals surface area contributed by atoms with Gasteiger partial charge in [-0.1, -0.05) is 12.1 Å². The minimum absolute atomic E-state index is 0.683. The molecule has 0 fully saturated rings. The molecule has 0 aliphatic heterocycles. The van der Waals surface area contributed by atoms with Gasteiger partial charge in [0, 0.05) is 34.7 Å². The molecule has 0 saturated carbocycles. The summed E-state index contributed by atoms with van der Waals surface area (Å²) < 4.78 is 0. The molecule has 3 aromatic rings. The van der Waals surface area contributed by atoms with Crippen molar-refractivity contribution >= 4 is 47.1 Å². The third-order valence-electron chi connectivity index (χ3n) is 3.17. The summed E-state index contributed by atoms with van der Waals surface area (Å²) in [6, 6.07) is 8.06. The number of aromatic nitrogens is 2. The number of hydrogen-bond donors (Lipinski definition) is 2. The van der Waals surface area contributed by atoms with E-state index in [-0.39, 0.29) is 0 Å². The molecule has 0 radical (unpaired) electrons. The maximum atomic E-state index is 4.47. The number of hydrogen-bond acceptors (Lipinski definition) is 4. The Morgan fingerprint density at radius 1 is 0.778 bits per heavy atom. The Morgan fingerprint density at radius 2 is 1.22 bits per heavy atom. The van der Waals surface area contributed by atoms with Crippen LogP contribution in [0.4, 0.5) is 0 Å². The van der Waals surface area contributed by atoms with Gasteiger partial charge in [0.15, 0.2) is 0 Å². The van der Waals surface area contributed by atoms with Crippen molar-refractivity contribution in [2.75, 3.05) is 0 Å². The maximum absolute atomic E-state index is 4.47. The normalized spacial score (nSPS) is 11.2. The number of nitrogens with zero attached hydrogens (tertiary/aromatic N) is 2. The number of rotatable bonds is 2. The Kier molecular flexibility index (Phi) is 3.14. The van der Waals surface area contributed by atoms with E-state index in [1.165, 1.54) is 11.1 Å². The van der Waals surface area contributed by atoms with Crippen molar-refractivity contribution < 1.29 is 0 Å². The third kappa shape index (κ3) is 1.68. The van der Waals surface area contributed by atoms with Crippen LogP contribution in [-0.4, -0.2) is 9.97 Å². The molecule has 4 heteroatoms. The van der Waals surface area contributed by atoms with Gasteiger partial charge in [0.2, 0.25) is 0 Å². The molecule has 3 rings (SSSR count). The maximum Gasteiger partial charge on any atom is 0.0967 e. The van der Waals surface area contributed by atoms with Crippen LogP contribution in [-0.2, 0) is 11.5 Å². The lowest BCUT2D eigenvalue weighted by Gasteiger charge is -2.13. The molecule has 2 aromatic heterocycles. The van der Waals surface area contributed by atoms with E-state index in [2.05, 4.69) is 47.4 Å². The van der Waals surface area contributed by atoms with Crippen LogP contribution in [0.3, 0.4) is 0 Å². The van der Waals surface area contributed by atoms with Crippen LogP contribution in [0.25, 0.3) is 21.8 Å². The van der Waals surface area contributed by atoms with Gasteiger partial charge in [-0.15, -0.1) is 0 Å². The van der Waals surface area contributed by atoms with Gasteiger partial charge in [-0.05, 0) is 23.3 Å². The lowest BCUT2D eigenvalue weighted by Crippen LogP contribution is -1.96. The van der Waals surface area contributed by atoms with E-state index < -0.39 is 0 Å². The van der Waals surface area contributed by atoms with E-state index >= 15 is 0 Å². The summed E-state index contributed by atoms with van der Waals surface area (Å²) in [6.07, 6.45) is 3.61. The Balaban J connectivity index is 2.61. The Hall–Kier alpha value is -1.26. The summed E-state index contributed by atoms with van der Waals surface area (Å²) in [4.78, 5) is 8.94. The van der Waals surface area contributed by atoms with E-state index in [0.717, 1.165) is 21.8 Å². The second-order valence-electron chi connectivity index (χ2n) is 4.07. The third-order valence-corrected chi connectivity index (χ3v) is 3.80. The van der Waals surface area contributed by atoms with Crippen molar-refractivity contribution in [3.05, 3.63) is 47.8 Å². The quantitative estimate of drug-likeness (QED) is 0.550. The van der Waals surface area contributed by atoms with Crippen LogP contribution < -0.4 is 0 Å². The number of fused-ring (bicyclic) bond motifs is 3. The molecule has 0 amide bonds. The summed E-state index contributed by atoms with van der Waals surface area (Å²) >= 11 is 8.91. The fraction of sp³-hybridized carbons (Fsp3) is 0.143. The highest BCUT2D eigenvalue weighted by Crippen LogP contribution is 2.32. The second-order valence-corrected chi connectivity index (χ2v) is 4.70. The molecule has 0 aliphatic carbocycles. The van der Waals surface area contributed by atoms with E-state index in [9.17, 15) is 0 Å². The molecule has 1 aromatic carbocycles. The van der Waals surface area contributed by atoms with Gasteiger partial charge in [-0.25, -0.2) is 0 Å². The molecule has 2 nitrogen and oxygen atoms in total. The fourth-order valence-corrected chi connectivity index (χ4v) is 3.08. The Bertz CT molecular complexity index is 663. The van der Waals surface area contributed by atoms with E-state index in [0.29, 0.717) is 11.5 Å². The highest BCUT2D eigenvalue weighted by atomic mass is 32.1. The predicted octanol–water partition coefficient (Wildman–Crippen LogP) is 3.64. The molecule has 0 bridgehead atoms. The van der Waals surface area contributed by atoms with Crippen molar-refractivity contribution in [3.63, 3.8) is 0 Å². The smallest absolute Gasteiger partial charge is 0.0967 e. The van der Waals surface area contributed by atoms with Crippen molar-refractivity contribution in [3.8, 4) is 0 Å². The van der Waals surface area contributed by atoms with Gasteiger partial charge in [-0.2, -0.15) is 25.3 Å². The van der Waals surface area contributed by atoms with E-state index in [1.807, 2.05) is 12.1 Å². The molecule has 0 spiro atoms. The summed E-state index contributed by atoms with van der Waals surface area (Å²) in [6.45, 7) is 0. The number of thiol groups is 2. The van der Waals surface area contributed by atoms with E-state index in [1.54, 1.807) is 12.4 Å². The molecule has 0 saturated heterocycles. The first-order valence-corrected chi connectivity index (χ1v) is 6.98. The van der Waals surface area contributed by atoms with Crippen molar-refractivity contribution in [2.45, 2.75) is 11.5 Å². The molecular weight excluding hydrogens is 260 g/mol. The molecule has 90 valence electrons. The Morgan fingerprint density at radius 3 is 1.61 bits per heavy atom. The zero-order chi connectivity index (χ0) is 12.5. The van der Waals surface area contributed by atoms with Crippen LogP contribution in [0.1, 0.15) is 11.1 Å². The largest absolute Gasteiger partial charge is 0.254 e. The standard InChI is InChI=1S/C14H12N2S2/c17-7-11-9-3-1-5-15-13(9)14-10(12(11)8-18)4-2-6-16-14/h1-6,17-18H,7-8H2. The topological polar surface area (TPSA) is 25.8 Å². The van der Waals surface area contributed by atoms with Crippen LogP contribution in [0.5, 0.6) is 0 Å². The summed E-state index contributed by atoms with van der Waals surface area (Å²) in [5.74, 6) is 1.37. The first-order chi connectivity index (χ1) is 8.86. The van der Waals surface area contributed by atoms with Crippen molar-refractivity contribution in [1.29, 1.82) is 0 Å². The highest BCUT2D eigenvalue weighted by molar-refractivity contribution is 7.79. The van der Waals surface area contributed by atoms with Gasteiger partial charge < -0.3 is 0 Å². The minimum Gasteiger partial charge on any atom is -0.254 e. The summed E-state index contributed by atoms with van der Waals surface area (Å²) in [7, 11) is 0. The van der Waals surface area contributed by atoms with Crippen molar-refractivity contribution in [2.24, 2.45) is 0 Å². The molecule has 0 N–H and O–H groups in total. The lowest BCUT2D eigenvalue weighted by molar-refractivity contribution is 1.31. The predicted molar refractivity (Wildman–Crippen MR) is 82.4 cm³/mol. The molecule has 2 heterocycles. The fourth-order valence-electron chi connectivity index (χ4n) is 2.36. The van der Waals surface area contributed by atoms with Gasteiger partial charge >= 0.3 is 0 Å². The zero-order valence-electron chi connectivity index (χ0n) is 9.67. The molecule has 18 heavy (non-hydrogen) atoms. The summed E-state index contributed by atoms with van der Waals surface area (Å²) in [5.41, 5.74) is 4.30. The van der Waals surface area contributed by atoms with Gasteiger partial charge in [0.25, 0.3) is 0 Å². The first kappa shape index (κ1) is 11.8. The van der Waals surface area contributed by atoms with Crippen LogP contribution in [0.15, 0.2) is 36.7 Å². The molecule has 0 unspecified atom stereocenters. The van der Waals surface area contributed by atoms with Gasteiger partial charge in [0.1, 0.15) is 0 Å².